The molecule has 3 N–H and O–H groups in total. The Morgan fingerprint density at radius 1 is 1.32 bits per heavy atom. The van der Waals surface area contributed by atoms with Crippen molar-refractivity contribution in [3.63, 3.8) is 0 Å². The maximum Gasteiger partial charge on any atom is 0.264 e. The van der Waals surface area contributed by atoms with Crippen LogP contribution in [-0.2, 0) is 14.8 Å². The van der Waals surface area contributed by atoms with Crippen LogP contribution < -0.4 is 15.4 Å². The zero-order chi connectivity index (χ0) is 18.4. The standard InChI is InChI=1S/C15H24N6O3S/c1-12(22)18-13-4-6-14(7-5-13)25(23,24)19-15-16-10-21(11-17-15)9-8-20(2)3/h4-7H,8-11H2,1-3H3,(H,18,22)(H2,16,17,19). The number of carbonyl (C=O) groups is 1. The van der Waals surface area contributed by atoms with Gasteiger partial charge in [0.1, 0.15) is 0 Å². The molecule has 0 radical (unpaired) electrons. The number of likely N-dealkylation sites (N-methyl/N-ethyl adjacent to an activating group) is 1. The van der Waals surface area contributed by atoms with Gasteiger partial charge in [-0.25, -0.2) is 18.1 Å². The lowest BCUT2D eigenvalue weighted by Crippen LogP contribution is -2.51. The second-order valence-electron chi connectivity index (χ2n) is 5.99. The topological polar surface area (TPSA) is 106 Å². The van der Waals surface area contributed by atoms with Crippen molar-refractivity contribution in [3.8, 4) is 0 Å². The Morgan fingerprint density at radius 3 is 2.52 bits per heavy atom. The van der Waals surface area contributed by atoms with Gasteiger partial charge in [0.15, 0.2) is 0 Å². The predicted molar refractivity (Wildman–Crippen MR) is 96.6 cm³/mol. The molecule has 1 aliphatic heterocycles. The van der Waals surface area contributed by atoms with Crippen molar-refractivity contribution in [2.24, 2.45) is 4.99 Å². The summed E-state index contributed by atoms with van der Waals surface area (Å²) in [5, 5.41) is 5.56. The number of carbonyl (C=O) groups excluding carboxylic acids is 1. The van der Waals surface area contributed by atoms with Gasteiger partial charge in [-0.3, -0.25) is 9.69 Å². The fraction of sp³-hybridized carbons (Fsp3) is 0.467. The van der Waals surface area contributed by atoms with Crippen LogP contribution in [0.15, 0.2) is 34.2 Å². The van der Waals surface area contributed by atoms with Gasteiger partial charge in [0, 0.05) is 25.7 Å². The summed E-state index contributed by atoms with van der Waals surface area (Å²) in [6.07, 6.45) is 0. The van der Waals surface area contributed by atoms with Gasteiger partial charge in [-0.1, -0.05) is 0 Å². The van der Waals surface area contributed by atoms with Gasteiger partial charge in [-0.2, -0.15) is 0 Å². The van der Waals surface area contributed by atoms with Crippen LogP contribution in [0.1, 0.15) is 6.92 Å². The van der Waals surface area contributed by atoms with Crippen molar-refractivity contribution >= 4 is 27.6 Å². The molecule has 0 atom stereocenters. The van der Waals surface area contributed by atoms with Crippen LogP contribution in [0.2, 0.25) is 0 Å². The highest BCUT2D eigenvalue weighted by Gasteiger charge is 2.19. The number of nitrogens with zero attached hydrogens (tertiary/aromatic N) is 3. The van der Waals surface area contributed by atoms with Gasteiger partial charge >= 0.3 is 0 Å². The van der Waals surface area contributed by atoms with Crippen molar-refractivity contribution in [1.82, 2.24) is 19.8 Å². The SMILES string of the molecule is CC(=O)Nc1ccc(S(=O)(=O)NC2=NCN(CCN(C)C)CN2)cc1. The molecular formula is C15H24N6O3S. The molecule has 1 aromatic rings. The highest BCUT2D eigenvalue weighted by Crippen LogP contribution is 2.14. The van der Waals surface area contributed by atoms with Crippen LogP contribution in [-0.4, -0.2) is 70.6 Å². The maximum absolute atomic E-state index is 12.4. The van der Waals surface area contributed by atoms with Crippen molar-refractivity contribution in [2.45, 2.75) is 11.8 Å². The third kappa shape index (κ3) is 6.00. The normalized spacial score (nSPS) is 15.4. The van der Waals surface area contributed by atoms with Crippen LogP contribution >= 0.6 is 0 Å². The molecule has 9 nitrogen and oxygen atoms in total. The number of hydrogen-bond acceptors (Lipinski definition) is 7. The first-order valence-corrected chi connectivity index (χ1v) is 9.30. The summed E-state index contributed by atoms with van der Waals surface area (Å²) < 4.78 is 27.2. The van der Waals surface area contributed by atoms with E-state index in [2.05, 4.69) is 30.1 Å². The van der Waals surface area contributed by atoms with E-state index in [-0.39, 0.29) is 16.8 Å². The third-order valence-electron chi connectivity index (χ3n) is 3.48. The summed E-state index contributed by atoms with van der Waals surface area (Å²) in [6.45, 7) is 4.09. The summed E-state index contributed by atoms with van der Waals surface area (Å²) in [4.78, 5) is 19.5. The van der Waals surface area contributed by atoms with Crippen LogP contribution in [0.3, 0.4) is 0 Å². The van der Waals surface area contributed by atoms with Crippen LogP contribution in [0.25, 0.3) is 0 Å². The number of rotatable bonds is 6. The van der Waals surface area contributed by atoms with Gasteiger partial charge in [0.2, 0.25) is 11.9 Å². The molecule has 2 rings (SSSR count). The summed E-state index contributed by atoms with van der Waals surface area (Å²) in [5.74, 6) is 0.0142. The highest BCUT2D eigenvalue weighted by molar-refractivity contribution is 7.90. The lowest BCUT2D eigenvalue weighted by Gasteiger charge is -2.27. The van der Waals surface area contributed by atoms with Crippen molar-refractivity contribution in [1.29, 1.82) is 0 Å². The number of nitrogens with one attached hydrogen (secondary N) is 3. The van der Waals surface area contributed by atoms with Crippen LogP contribution in [0.4, 0.5) is 5.69 Å². The monoisotopic (exact) mass is 368 g/mol. The van der Waals surface area contributed by atoms with Gasteiger partial charge in [0.05, 0.1) is 18.2 Å². The number of benzene rings is 1. The minimum Gasteiger partial charge on any atom is -0.343 e. The summed E-state index contributed by atoms with van der Waals surface area (Å²) >= 11 is 0. The lowest BCUT2D eigenvalue weighted by molar-refractivity contribution is -0.114. The number of hydrogen-bond donors (Lipinski definition) is 3. The fourth-order valence-electron chi connectivity index (χ4n) is 2.13. The molecule has 1 amide bonds. The molecule has 0 saturated heterocycles. The average molecular weight is 368 g/mol. The number of guanidine groups is 1. The summed E-state index contributed by atoms with van der Waals surface area (Å²) in [5.41, 5.74) is 0.538. The van der Waals surface area contributed by atoms with E-state index < -0.39 is 10.0 Å². The van der Waals surface area contributed by atoms with Crippen molar-refractivity contribution < 1.29 is 13.2 Å². The van der Waals surface area contributed by atoms with E-state index >= 15 is 0 Å². The minimum atomic E-state index is -3.73. The summed E-state index contributed by atoms with van der Waals surface area (Å²) in [6, 6.07) is 5.94. The predicted octanol–water partition coefficient (Wildman–Crippen LogP) is -0.339. The molecule has 1 aromatic carbocycles. The second-order valence-corrected chi connectivity index (χ2v) is 7.67. The van der Waals surface area contributed by atoms with Gasteiger partial charge < -0.3 is 15.5 Å². The Hall–Kier alpha value is -2.17. The molecule has 138 valence electrons. The van der Waals surface area contributed by atoms with E-state index in [0.717, 1.165) is 13.1 Å². The number of aliphatic imine (C=N–C) groups is 1. The molecule has 0 aromatic heterocycles. The molecule has 0 aliphatic carbocycles. The Bertz CT molecular complexity index is 730. The van der Waals surface area contributed by atoms with E-state index in [0.29, 0.717) is 19.0 Å². The number of amides is 1. The summed E-state index contributed by atoms with van der Waals surface area (Å²) in [7, 11) is 0.264. The third-order valence-corrected chi connectivity index (χ3v) is 4.83. The first kappa shape index (κ1) is 19.2. The van der Waals surface area contributed by atoms with E-state index in [1.165, 1.54) is 31.2 Å². The Kier molecular flexibility index (Phi) is 6.34. The van der Waals surface area contributed by atoms with E-state index in [1.807, 2.05) is 14.1 Å². The molecule has 0 fully saturated rings. The molecule has 0 spiro atoms. The number of sulfonamides is 1. The zero-order valence-corrected chi connectivity index (χ0v) is 15.4. The first-order valence-electron chi connectivity index (χ1n) is 7.82. The molecule has 25 heavy (non-hydrogen) atoms. The molecule has 1 aliphatic rings. The molecular weight excluding hydrogens is 344 g/mol. The number of anilines is 1. The smallest absolute Gasteiger partial charge is 0.264 e. The Labute approximate surface area is 148 Å². The molecule has 0 bridgehead atoms. The van der Waals surface area contributed by atoms with E-state index in [1.54, 1.807) is 0 Å². The van der Waals surface area contributed by atoms with Crippen LogP contribution in [0, 0.1) is 0 Å². The maximum atomic E-state index is 12.4. The second kappa shape index (κ2) is 8.28. The fourth-order valence-corrected chi connectivity index (χ4v) is 3.13. The van der Waals surface area contributed by atoms with E-state index in [9.17, 15) is 13.2 Å². The zero-order valence-electron chi connectivity index (χ0n) is 14.6. The minimum absolute atomic E-state index is 0.0983. The highest BCUT2D eigenvalue weighted by atomic mass is 32.2. The Morgan fingerprint density at radius 2 is 2.00 bits per heavy atom. The van der Waals surface area contributed by atoms with Gasteiger partial charge in [0.25, 0.3) is 10.0 Å². The van der Waals surface area contributed by atoms with Crippen LogP contribution in [0.5, 0.6) is 0 Å². The first-order chi connectivity index (χ1) is 11.8. The lowest BCUT2D eigenvalue weighted by atomic mass is 10.3. The molecule has 10 heteroatoms. The van der Waals surface area contributed by atoms with Crippen molar-refractivity contribution in [3.05, 3.63) is 24.3 Å². The molecule has 0 unspecified atom stereocenters. The van der Waals surface area contributed by atoms with E-state index in [4.69, 9.17) is 0 Å². The molecule has 1 heterocycles. The van der Waals surface area contributed by atoms with Crippen molar-refractivity contribution in [2.75, 3.05) is 45.8 Å². The molecule has 0 saturated carbocycles. The largest absolute Gasteiger partial charge is 0.343 e. The van der Waals surface area contributed by atoms with Gasteiger partial charge in [-0.15, -0.1) is 0 Å². The quantitative estimate of drug-likeness (QED) is 0.634. The van der Waals surface area contributed by atoms with Gasteiger partial charge in [-0.05, 0) is 38.4 Å². The average Bonchev–Trinajstić information content (AvgIpc) is 2.54. The Balaban J connectivity index is 1.96.